The van der Waals surface area contributed by atoms with Gasteiger partial charge in [0, 0.05) is 16.0 Å². The van der Waals surface area contributed by atoms with Crippen molar-refractivity contribution in [1.82, 2.24) is 15.0 Å². The van der Waals surface area contributed by atoms with Crippen molar-refractivity contribution in [3.63, 3.8) is 0 Å². The average molecular weight is 378 g/mol. The van der Waals surface area contributed by atoms with Gasteiger partial charge in [-0.2, -0.15) is 0 Å². The number of aromatic nitrogens is 3. The zero-order chi connectivity index (χ0) is 16.8. The fraction of sp³-hybridized carbons (Fsp3) is 0.471. The van der Waals surface area contributed by atoms with E-state index in [1.165, 1.54) is 10.4 Å². The van der Waals surface area contributed by atoms with Crippen LogP contribution in [0.3, 0.4) is 0 Å². The predicted molar refractivity (Wildman–Crippen MR) is 103 cm³/mol. The largest absolute Gasteiger partial charge is 0.309 e. The smallest absolute Gasteiger partial charge is 0.259 e. The maximum absolute atomic E-state index is 12.7. The number of aromatic amines is 1. The molecule has 0 saturated carbocycles. The second-order valence-electron chi connectivity index (χ2n) is 6.50. The number of thioether (sulfide) groups is 1. The normalized spacial score (nSPS) is 18.7. The molecule has 0 saturated heterocycles. The van der Waals surface area contributed by atoms with E-state index < -0.39 is 0 Å². The molecule has 7 heteroatoms. The number of fused-ring (bicyclic) bond motifs is 3. The van der Waals surface area contributed by atoms with E-state index in [1.54, 1.807) is 34.4 Å². The Balaban J connectivity index is 1.71. The fourth-order valence-corrected chi connectivity index (χ4v) is 6.58. The van der Waals surface area contributed by atoms with E-state index >= 15 is 0 Å². The van der Waals surface area contributed by atoms with Crippen LogP contribution in [0.2, 0.25) is 0 Å². The lowest BCUT2D eigenvalue weighted by molar-refractivity contribution is 0.509. The van der Waals surface area contributed by atoms with E-state index in [4.69, 9.17) is 4.98 Å². The van der Waals surface area contributed by atoms with Gasteiger partial charge in [0.15, 0.2) is 4.34 Å². The molecule has 4 rings (SSSR count). The van der Waals surface area contributed by atoms with Crippen molar-refractivity contribution in [2.24, 2.45) is 5.92 Å². The molecule has 3 aromatic heterocycles. The van der Waals surface area contributed by atoms with Gasteiger partial charge in [-0.3, -0.25) is 4.79 Å². The zero-order valence-electron chi connectivity index (χ0n) is 13.9. The van der Waals surface area contributed by atoms with Gasteiger partial charge in [0.25, 0.3) is 5.56 Å². The highest BCUT2D eigenvalue weighted by atomic mass is 32.2. The first-order valence-corrected chi connectivity index (χ1v) is 10.7. The SMILES string of the molecule is Cc1csc(SC(C)c2nc3sc4c(c3c(=O)[nH]2)CCC(C)C4)n1. The first kappa shape index (κ1) is 16.3. The molecule has 1 aliphatic carbocycles. The van der Waals surface area contributed by atoms with E-state index in [1.807, 2.05) is 12.3 Å². The summed E-state index contributed by atoms with van der Waals surface area (Å²) in [7, 11) is 0. The minimum atomic E-state index is 0.0184. The maximum atomic E-state index is 12.7. The van der Waals surface area contributed by atoms with E-state index in [0.717, 1.165) is 45.3 Å². The van der Waals surface area contributed by atoms with Crippen LogP contribution in [-0.2, 0) is 12.8 Å². The molecule has 0 fully saturated rings. The molecule has 24 heavy (non-hydrogen) atoms. The summed E-state index contributed by atoms with van der Waals surface area (Å²) in [6.45, 7) is 6.35. The molecule has 2 unspecified atom stereocenters. The number of H-pyrrole nitrogens is 1. The molecular formula is C17H19N3OS3. The summed E-state index contributed by atoms with van der Waals surface area (Å²) >= 11 is 4.99. The second kappa shape index (κ2) is 6.28. The first-order valence-electron chi connectivity index (χ1n) is 8.14. The van der Waals surface area contributed by atoms with Crippen molar-refractivity contribution in [3.8, 4) is 0 Å². The monoisotopic (exact) mass is 377 g/mol. The third kappa shape index (κ3) is 2.93. The van der Waals surface area contributed by atoms with Gasteiger partial charge >= 0.3 is 0 Å². The van der Waals surface area contributed by atoms with Crippen LogP contribution in [0.5, 0.6) is 0 Å². The Kier molecular flexibility index (Phi) is 4.26. The second-order valence-corrected chi connectivity index (χ2v) is 10.0. The van der Waals surface area contributed by atoms with E-state index in [2.05, 4.69) is 23.8 Å². The molecule has 0 aromatic carbocycles. The van der Waals surface area contributed by atoms with Crippen molar-refractivity contribution < 1.29 is 0 Å². The Labute approximate surface area is 152 Å². The molecule has 126 valence electrons. The van der Waals surface area contributed by atoms with Crippen molar-refractivity contribution in [2.45, 2.75) is 49.6 Å². The Morgan fingerprint density at radius 2 is 2.25 bits per heavy atom. The van der Waals surface area contributed by atoms with Gasteiger partial charge in [-0.1, -0.05) is 18.7 Å². The molecule has 1 aliphatic rings. The van der Waals surface area contributed by atoms with Crippen molar-refractivity contribution in [1.29, 1.82) is 0 Å². The third-order valence-electron chi connectivity index (χ3n) is 4.44. The van der Waals surface area contributed by atoms with Gasteiger partial charge in [0.1, 0.15) is 10.7 Å². The predicted octanol–water partition coefficient (Wildman–Crippen LogP) is 4.73. The van der Waals surface area contributed by atoms with Crippen molar-refractivity contribution in [2.75, 3.05) is 0 Å². The first-order chi connectivity index (χ1) is 11.5. The Hall–Kier alpha value is -1.18. The van der Waals surface area contributed by atoms with Crippen molar-refractivity contribution in [3.05, 3.63) is 37.7 Å². The van der Waals surface area contributed by atoms with Gasteiger partial charge in [-0.25, -0.2) is 9.97 Å². The van der Waals surface area contributed by atoms with Gasteiger partial charge in [-0.05, 0) is 44.6 Å². The molecule has 3 heterocycles. The summed E-state index contributed by atoms with van der Waals surface area (Å²) in [6, 6.07) is 0. The molecule has 0 radical (unpaired) electrons. The van der Waals surface area contributed by atoms with Gasteiger partial charge in [0.2, 0.25) is 0 Å². The molecule has 0 spiro atoms. The van der Waals surface area contributed by atoms with E-state index in [-0.39, 0.29) is 10.8 Å². The average Bonchev–Trinajstić information content (AvgIpc) is 3.09. The summed E-state index contributed by atoms with van der Waals surface area (Å²) in [5.41, 5.74) is 2.29. The van der Waals surface area contributed by atoms with Crippen LogP contribution in [-0.4, -0.2) is 15.0 Å². The van der Waals surface area contributed by atoms with E-state index in [0.29, 0.717) is 5.92 Å². The quantitative estimate of drug-likeness (QED) is 0.671. The minimum absolute atomic E-state index is 0.0184. The highest BCUT2D eigenvalue weighted by Crippen LogP contribution is 2.38. The molecule has 0 bridgehead atoms. The number of nitrogens with zero attached hydrogens (tertiary/aromatic N) is 2. The molecule has 1 N–H and O–H groups in total. The Morgan fingerprint density at radius 1 is 1.42 bits per heavy atom. The topological polar surface area (TPSA) is 58.6 Å². The van der Waals surface area contributed by atoms with Crippen LogP contribution in [0.1, 0.15) is 47.5 Å². The fourth-order valence-electron chi connectivity index (χ4n) is 3.15. The minimum Gasteiger partial charge on any atom is -0.309 e. The zero-order valence-corrected chi connectivity index (χ0v) is 16.3. The van der Waals surface area contributed by atoms with Crippen LogP contribution >= 0.6 is 34.4 Å². The molecule has 3 aromatic rings. The summed E-state index contributed by atoms with van der Waals surface area (Å²) in [6.07, 6.45) is 3.24. The highest BCUT2D eigenvalue weighted by Gasteiger charge is 2.24. The Bertz CT molecular complexity index is 956. The summed E-state index contributed by atoms with van der Waals surface area (Å²) in [4.78, 5) is 27.2. The maximum Gasteiger partial charge on any atom is 0.259 e. The van der Waals surface area contributed by atoms with Gasteiger partial charge < -0.3 is 4.98 Å². The standard InChI is InChI=1S/C17H19N3OS3/c1-8-4-5-11-12(6-8)24-16-13(11)15(21)19-14(20-16)10(3)23-17-18-9(2)7-22-17/h7-8,10H,4-6H2,1-3H3,(H,19,20,21). The number of thiazole rings is 1. The number of aryl methyl sites for hydroxylation is 2. The molecule has 0 aliphatic heterocycles. The summed E-state index contributed by atoms with van der Waals surface area (Å²) < 4.78 is 1.02. The lowest BCUT2D eigenvalue weighted by atomic mass is 9.89. The lowest BCUT2D eigenvalue weighted by Crippen LogP contribution is -2.15. The number of nitrogens with one attached hydrogen (secondary N) is 1. The van der Waals surface area contributed by atoms with Crippen LogP contribution in [0.25, 0.3) is 10.2 Å². The lowest BCUT2D eigenvalue weighted by Gasteiger charge is -2.17. The summed E-state index contributed by atoms with van der Waals surface area (Å²) in [5, 5.41) is 2.95. The number of thiophene rings is 1. The number of rotatable bonds is 3. The van der Waals surface area contributed by atoms with Crippen LogP contribution < -0.4 is 5.56 Å². The van der Waals surface area contributed by atoms with Crippen molar-refractivity contribution >= 4 is 44.7 Å². The molecule has 4 nitrogen and oxygen atoms in total. The highest BCUT2D eigenvalue weighted by molar-refractivity contribution is 8.01. The van der Waals surface area contributed by atoms with Gasteiger partial charge in [-0.15, -0.1) is 22.7 Å². The third-order valence-corrected chi connectivity index (χ3v) is 7.79. The molecule has 0 amide bonds. The van der Waals surface area contributed by atoms with Crippen LogP contribution in [0.15, 0.2) is 14.5 Å². The van der Waals surface area contributed by atoms with Crippen LogP contribution in [0, 0.1) is 12.8 Å². The summed E-state index contributed by atoms with van der Waals surface area (Å²) in [5.74, 6) is 1.45. The van der Waals surface area contributed by atoms with Crippen LogP contribution in [0.4, 0.5) is 0 Å². The molecular weight excluding hydrogens is 358 g/mol. The number of hydrogen-bond donors (Lipinski definition) is 1. The molecule has 2 atom stereocenters. The van der Waals surface area contributed by atoms with Gasteiger partial charge in [0.05, 0.1) is 10.6 Å². The Morgan fingerprint density at radius 3 is 3.00 bits per heavy atom. The van der Waals surface area contributed by atoms with E-state index in [9.17, 15) is 4.79 Å². The number of hydrogen-bond acceptors (Lipinski definition) is 6.